The Kier molecular flexibility index (Phi) is 5.48. The monoisotopic (exact) mass is 369 g/mol. The summed E-state index contributed by atoms with van der Waals surface area (Å²) in [6, 6.07) is 14.4. The highest BCUT2D eigenvalue weighted by molar-refractivity contribution is 7.10. The van der Waals surface area contributed by atoms with Crippen molar-refractivity contribution in [3.8, 4) is 22.9 Å². The second-order valence-electron chi connectivity index (χ2n) is 5.80. The van der Waals surface area contributed by atoms with Crippen molar-refractivity contribution in [3.05, 3.63) is 54.1 Å². The number of carbonyl (C=O) groups is 1. The molecule has 7 heteroatoms. The summed E-state index contributed by atoms with van der Waals surface area (Å²) >= 11 is 1.14. The van der Waals surface area contributed by atoms with Crippen LogP contribution in [0, 0.1) is 0 Å². The number of aromatic nitrogens is 2. The SMILES string of the molecule is COc1ccc(-c2nsc(NC(=O)c3ccc(OC(C)C)cc3)n2)cc1. The van der Waals surface area contributed by atoms with Gasteiger partial charge in [-0.3, -0.25) is 10.1 Å². The van der Waals surface area contributed by atoms with E-state index in [-0.39, 0.29) is 12.0 Å². The summed E-state index contributed by atoms with van der Waals surface area (Å²) in [6.07, 6.45) is 0.0902. The van der Waals surface area contributed by atoms with E-state index < -0.39 is 0 Å². The Morgan fingerprint density at radius 3 is 2.31 bits per heavy atom. The third-order valence-electron chi connectivity index (χ3n) is 3.48. The zero-order valence-corrected chi connectivity index (χ0v) is 15.5. The number of hydrogen-bond donors (Lipinski definition) is 1. The number of amides is 1. The third-order valence-corrected chi connectivity index (χ3v) is 4.11. The van der Waals surface area contributed by atoms with Crippen LogP contribution in [0.1, 0.15) is 24.2 Å². The molecule has 6 nitrogen and oxygen atoms in total. The molecule has 3 aromatic rings. The van der Waals surface area contributed by atoms with Gasteiger partial charge in [-0.05, 0) is 62.4 Å². The Morgan fingerprint density at radius 2 is 1.69 bits per heavy atom. The fourth-order valence-corrected chi connectivity index (χ4v) is 2.84. The molecule has 0 saturated heterocycles. The van der Waals surface area contributed by atoms with Gasteiger partial charge in [0, 0.05) is 22.7 Å². The summed E-state index contributed by atoms with van der Waals surface area (Å²) in [5, 5.41) is 3.22. The standard InChI is InChI=1S/C19H19N3O3S/c1-12(2)25-16-10-6-14(7-11-16)18(23)21-19-20-17(22-26-19)13-4-8-15(24-3)9-5-13/h4-12H,1-3H3,(H,20,21,22,23). The van der Waals surface area contributed by atoms with E-state index in [1.54, 1.807) is 31.4 Å². The first-order chi connectivity index (χ1) is 12.5. The lowest BCUT2D eigenvalue weighted by Gasteiger charge is -2.09. The van der Waals surface area contributed by atoms with E-state index in [9.17, 15) is 4.79 Å². The number of rotatable bonds is 6. The van der Waals surface area contributed by atoms with E-state index in [0.717, 1.165) is 28.6 Å². The van der Waals surface area contributed by atoms with Crippen LogP contribution in [0.15, 0.2) is 48.5 Å². The Hall–Kier alpha value is -2.93. The van der Waals surface area contributed by atoms with E-state index in [1.165, 1.54) is 0 Å². The normalized spacial score (nSPS) is 10.6. The molecule has 26 heavy (non-hydrogen) atoms. The van der Waals surface area contributed by atoms with Crippen LogP contribution >= 0.6 is 11.5 Å². The molecule has 1 heterocycles. The topological polar surface area (TPSA) is 73.3 Å². The summed E-state index contributed by atoms with van der Waals surface area (Å²) in [4.78, 5) is 16.7. The van der Waals surface area contributed by atoms with E-state index in [0.29, 0.717) is 16.5 Å². The smallest absolute Gasteiger partial charge is 0.257 e. The lowest BCUT2D eigenvalue weighted by Crippen LogP contribution is -2.12. The number of hydrogen-bond acceptors (Lipinski definition) is 6. The lowest BCUT2D eigenvalue weighted by atomic mass is 10.2. The average Bonchev–Trinajstić information content (AvgIpc) is 3.10. The quantitative estimate of drug-likeness (QED) is 0.703. The predicted octanol–water partition coefficient (Wildman–Crippen LogP) is 4.25. The number of methoxy groups -OCH3 is 1. The van der Waals surface area contributed by atoms with Crippen LogP contribution in [0.2, 0.25) is 0 Å². The van der Waals surface area contributed by atoms with Gasteiger partial charge in [0.25, 0.3) is 5.91 Å². The second kappa shape index (κ2) is 7.97. The maximum Gasteiger partial charge on any atom is 0.257 e. The summed E-state index contributed by atoms with van der Waals surface area (Å²) in [5.41, 5.74) is 1.39. The Bertz CT molecular complexity index is 874. The molecular formula is C19H19N3O3S. The Labute approximate surface area is 156 Å². The van der Waals surface area contributed by atoms with Gasteiger partial charge in [0.1, 0.15) is 11.5 Å². The van der Waals surface area contributed by atoms with Gasteiger partial charge >= 0.3 is 0 Å². The minimum atomic E-state index is -0.237. The third kappa shape index (κ3) is 4.37. The molecule has 0 saturated carbocycles. The number of ether oxygens (including phenoxy) is 2. The zero-order chi connectivity index (χ0) is 18.5. The van der Waals surface area contributed by atoms with Crippen molar-refractivity contribution in [3.63, 3.8) is 0 Å². The average molecular weight is 369 g/mol. The molecule has 0 bridgehead atoms. The molecule has 1 amide bonds. The van der Waals surface area contributed by atoms with Crippen LogP contribution in [-0.2, 0) is 0 Å². The lowest BCUT2D eigenvalue weighted by molar-refractivity contribution is 0.102. The number of nitrogens with one attached hydrogen (secondary N) is 1. The molecule has 0 aliphatic rings. The highest BCUT2D eigenvalue weighted by Crippen LogP contribution is 2.24. The van der Waals surface area contributed by atoms with Crippen LogP contribution in [0.25, 0.3) is 11.4 Å². The van der Waals surface area contributed by atoms with Crippen LogP contribution < -0.4 is 14.8 Å². The molecular weight excluding hydrogens is 350 g/mol. The molecule has 0 aliphatic heterocycles. The van der Waals surface area contributed by atoms with Crippen LogP contribution in [0.4, 0.5) is 5.13 Å². The van der Waals surface area contributed by atoms with Crippen LogP contribution in [-0.4, -0.2) is 28.5 Å². The summed E-state index contributed by atoms with van der Waals surface area (Å²) < 4.78 is 15.0. The van der Waals surface area contributed by atoms with Gasteiger partial charge in [-0.1, -0.05) is 0 Å². The van der Waals surface area contributed by atoms with Crippen LogP contribution in [0.5, 0.6) is 11.5 Å². The molecule has 0 radical (unpaired) electrons. The molecule has 134 valence electrons. The maximum absolute atomic E-state index is 12.3. The van der Waals surface area contributed by atoms with Crippen molar-refractivity contribution >= 4 is 22.6 Å². The molecule has 0 fully saturated rings. The first-order valence-corrected chi connectivity index (χ1v) is 8.88. The molecule has 0 unspecified atom stereocenters. The molecule has 1 N–H and O–H groups in total. The van der Waals surface area contributed by atoms with Crippen LogP contribution in [0.3, 0.4) is 0 Å². The molecule has 0 spiro atoms. The van der Waals surface area contributed by atoms with Gasteiger partial charge in [-0.25, -0.2) is 0 Å². The fraction of sp³-hybridized carbons (Fsp3) is 0.211. The maximum atomic E-state index is 12.3. The van der Waals surface area contributed by atoms with E-state index in [2.05, 4.69) is 14.7 Å². The number of nitrogens with zero attached hydrogens (tertiary/aromatic N) is 2. The van der Waals surface area contributed by atoms with Crippen molar-refractivity contribution in [2.24, 2.45) is 0 Å². The van der Waals surface area contributed by atoms with Gasteiger partial charge in [0.2, 0.25) is 5.13 Å². The van der Waals surface area contributed by atoms with Crippen molar-refractivity contribution in [2.45, 2.75) is 20.0 Å². The van der Waals surface area contributed by atoms with E-state index in [1.807, 2.05) is 38.1 Å². The van der Waals surface area contributed by atoms with Gasteiger partial charge in [-0.2, -0.15) is 9.36 Å². The van der Waals surface area contributed by atoms with Crippen molar-refractivity contribution in [1.82, 2.24) is 9.36 Å². The largest absolute Gasteiger partial charge is 0.497 e. The first kappa shape index (κ1) is 17.9. The van der Waals surface area contributed by atoms with Gasteiger partial charge in [0.05, 0.1) is 13.2 Å². The highest BCUT2D eigenvalue weighted by Gasteiger charge is 2.12. The molecule has 0 aliphatic carbocycles. The van der Waals surface area contributed by atoms with E-state index >= 15 is 0 Å². The number of benzene rings is 2. The summed E-state index contributed by atoms with van der Waals surface area (Å²) in [5.74, 6) is 1.82. The molecule has 3 rings (SSSR count). The van der Waals surface area contributed by atoms with Crippen molar-refractivity contribution in [1.29, 1.82) is 0 Å². The van der Waals surface area contributed by atoms with Crippen molar-refractivity contribution in [2.75, 3.05) is 12.4 Å². The minimum absolute atomic E-state index is 0.0902. The minimum Gasteiger partial charge on any atom is -0.497 e. The van der Waals surface area contributed by atoms with Gasteiger partial charge < -0.3 is 9.47 Å². The summed E-state index contributed by atoms with van der Waals surface area (Å²) in [7, 11) is 1.62. The van der Waals surface area contributed by atoms with Crippen molar-refractivity contribution < 1.29 is 14.3 Å². The van der Waals surface area contributed by atoms with E-state index in [4.69, 9.17) is 9.47 Å². The van der Waals surface area contributed by atoms with Gasteiger partial charge in [-0.15, -0.1) is 0 Å². The van der Waals surface area contributed by atoms with Gasteiger partial charge in [0.15, 0.2) is 5.82 Å². The highest BCUT2D eigenvalue weighted by atomic mass is 32.1. The molecule has 2 aromatic carbocycles. The fourth-order valence-electron chi connectivity index (χ4n) is 2.26. The summed E-state index contributed by atoms with van der Waals surface area (Å²) in [6.45, 7) is 3.91. The Morgan fingerprint density at radius 1 is 1.04 bits per heavy atom. The molecule has 1 aromatic heterocycles. The number of anilines is 1. The second-order valence-corrected chi connectivity index (χ2v) is 6.55. The zero-order valence-electron chi connectivity index (χ0n) is 14.7. The number of carbonyl (C=O) groups excluding carboxylic acids is 1. The first-order valence-electron chi connectivity index (χ1n) is 8.11. The predicted molar refractivity (Wildman–Crippen MR) is 102 cm³/mol. The molecule has 0 atom stereocenters. The Balaban J connectivity index is 1.67.